The van der Waals surface area contributed by atoms with E-state index in [0.29, 0.717) is 6.04 Å². The number of hydrogen-bond acceptors (Lipinski definition) is 3. The fraction of sp³-hybridized carbons (Fsp3) is 0.625. The zero-order valence-corrected chi connectivity index (χ0v) is 12.6. The molecule has 0 aliphatic carbocycles. The molecular weight excluding hydrogens is 236 g/mol. The average molecular weight is 262 g/mol. The van der Waals surface area contributed by atoms with Crippen molar-refractivity contribution >= 4 is 0 Å². The third-order valence-corrected chi connectivity index (χ3v) is 3.78. The third-order valence-electron chi connectivity index (χ3n) is 3.78. The van der Waals surface area contributed by atoms with Crippen molar-refractivity contribution in [3.8, 4) is 5.75 Å². The highest BCUT2D eigenvalue weighted by atomic mass is 16.5. The number of nitrogens with two attached hydrogens (primary N) is 1. The minimum Gasteiger partial charge on any atom is -0.493 e. The number of hydrogen-bond donors (Lipinski definition) is 1. The molecule has 3 nitrogen and oxygen atoms in total. The molecule has 0 aromatic heterocycles. The second kappa shape index (κ2) is 5.51. The first-order valence-electron chi connectivity index (χ1n) is 7.08. The maximum atomic E-state index is 6.11. The fourth-order valence-corrected chi connectivity index (χ4v) is 2.65. The van der Waals surface area contributed by atoms with Gasteiger partial charge in [0.1, 0.15) is 5.75 Å². The first-order valence-corrected chi connectivity index (χ1v) is 7.08. The van der Waals surface area contributed by atoms with Crippen LogP contribution in [0.1, 0.15) is 43.9 Å². The van der Waals surface area contributed by atoms with E-state index in [0.717, 1.165) is 31.6 Å². The molecule has 0 amide bonds. The predicted molar refractivity (Wildman–Crippen MR) is 79.6 cm³/mol. The summed E-state index contributed by atoms with van der Waals surface area (Å²) in [5.41, 5.74) is 8.73. The molecule has 106 valence electrons. The van der Waals surface area contributed by atoms with E-state index in [1.54, 1.807) is 0 Å². The molecule has 1 atom stereocenters. The van der Waals surface area contributed by atoms with Gasteiger partial charge in [-0.05, 0) is 58.0 Å². The van der Waals surface area contributed by atoms with Gasteiger partial charge in [0.2, 0.25) is 0 Å². The maximum Gasteiger partial charge on any atom is 0.122 e. The molecule has 1 aromatic carbocycles. The van der Waals surface area contributed by atoms with E-state index in [9.17, 15) is 0 Å². The van der Waals surface area contributed by atoms with Crippen molar-refractivity contribution in [3.05, 3.63) is 29.3 Å². The topological polar surface area (TPSA) is 38.5 Å². The van der Waals surface area contributed by atoms with Gasteiger partial charge < -0.3 is 15.4 Å². The van der Waals surface area contributed by atoms with Crippen LogP contribution in [0.2, 0.25) is 0 Å². The number of rotatable bonds is 5. The summed E-state index contributed by atoms with van der Waals surface area (Å²) < 4.78 is 5.57. The second-order valence-corrected chi connectivity index (χ2v) is 6.47. The van der Waals surface area contributed by atoms with Crippen molar-refractivity contribution in [2.45, 2.75) is 44.7 Å². The van der Waals surface area contributed by atoms with Crippen LogP contribution in [0.25, 0.3) is 0 Å². The Balaban J connectivity index is 2.15. The first-order chi connectivity index (χ1) is 8.87. The first kappa shape index (κ1) is 14.4. The van der Waals surface area contributed by atoms with Crippen molar-refractivity contribution in [1.82, 2.24) is 4.90 Å². The third kappa shape index (κ3) is 3.71. The van der Waals surface area contributed by atoms with Crippen LogP contribution in [0.5, 0.6) is 5.75 Å². The summed E-state index contributed by atoms with van der Waals surface area (Å²) in [4.78, 5) is 2.28. The normalized spacial score (nSPS) is 16.3. The van der Waals surface area contributed by atoms with Crippen LogP contribution in [0, 0.1) is 0 Å². The van der Waals surface area contributed by atoms with Crippen LogP contribution < -0.4 is 10.5 Å². The maximum absolute atomic E-state index is 6.11. The lowest BCUT2D eigenvalue weighted by molar-refractivity contribution is 0.261. The lowest BCUT2D eigenvalue weighted by Crippen LogP contribution is -2.33. The summed E-state index contributed by atoms with van der Waals surface area (Å²) in [6.07, 6.45) is 3.13. The second-order valence-electron chi connectivity index (χ2n) is 6.47. The summed E-state index contributed by atoms with van der Waals surface area (Å²) in [5, 5.41) is 0. The smallest absolute Gasteiger partial charge is 0.122 e. The van der Waals surface area contributed by atoms with Crippen molar-refractivity contribution in [3.63, 3.8) is 0 Å². The van der Waals surface area contributed by atoms with Crippen molar-refractivity contribution in [2.24, 2.45) is 5.73 Å². The Morgan fingerprint density at radius 1 is 1.37 bits per heavy atom. The predicted octanol–water partition coefficient (Wildman–Crippen LogP) is 2.74. The molecule has 0 saturated heterocycles. The van der Waals surface area contributed by atoms with Gasteiger partial charge in [0, 0.05) is 18.0 Å². The van der Waals surface area contributed by atoms with Gasteiger partial charge in [-0.25, -0.2) is 0 Å². The van der Waals surface area contributed by atoms with Gasteiger partial charge in [-0.15, -0.1) is 0 Å². The van der Waals surface area contributed by atoms with E-state index in [2.05, 4.69) is 51.0 Å². The molecule has 0 bridgehead atoms. The van der Waals surface area contributed by atoms with Crippen LogP contribution in [0.4, 0.5) is 0 Å². The quantitative estimate of drug-likeness (QED) is 0.886. The van der Waals surface area contributed by atoms with Crippen LogP contribution >= 0.6 is 0 Å². The number of nitrogens with zero attached hydrogens (tertiary/aromatic N) is 1. The zero-order chi connectivity index (χ0) is 14.0. The monoisotopic (exact) mass is 262 g/mol. The van der Waals surface area contributed by atoms with Gasteiger partial charge in [0.25, 0.3) is 0 Å². The van der Waals surface area contributed by atoms with Gasteiger partial charge in [0.15, 0.2) is 0 Å². The van der Waals surface area contributed by atoms with Crippen LogP contribution in [-0.4, -0.2) is 31.1 Å². The van der Waals surface area contributed by atoms with Crippen molar-refractivity contribution < 1.29 is 4.74 Å². The van der Waals surface area contributed by atoms with Gasteiger partial charge >= 0.3 is 0 Å². The van der Waals surface area contributed by atoms with E-state index in [1.165, 1.54) is 11.1 Å². The lowest BCUT2D eigenvalue weighted by Gasteiger charge is -2.28. The molecule has 0 fully saturated rings. The minimum atomic E-state index is -0.103. The number of fused-ring (bicyclic) bond motifs is 1. The number of ether oxygens (including phenoxy) is 1. The summed E-state index contributed by atoms with van der Waals surface area (Å²) in [7, 11) is 4.27. The Morgan fingerprint density at radius 2 is 2.11 bits per heavy atom. The molecule has 1 unspecified atom stereocenters. The molecule has 1 aliphatic heterocycles. The molecule has 0 saturated carbocycles. The molecule has 0 radical (unpaired) electrons. The molecule has 2 rings (SSSR count). The van der Waals surface area contributed by atoms with E-state index < -0.39 is 0 Å². The molecule has 2 N–H and O–H groups in total. The van der Waals surface area contributed by atoms with Gasteiger partial charge in [-0.1, -0.05) is 12.1 Å². The van der Waals surface area contributed by atoms with Gasteiger partial charge in [0.05, 0.1) is 6.61 Å². The van der Waals surface area contributed by atoms with E-state index in [4.69, 9.17) is 10.5 Å². The highest BCUT2D eigenvalue weighted by molar-refractivity contribution is 5.40. The van der Waals surface area contributed by atoms with Gasteiger partial charge in [-0.2, -0.15) is 0 Å². The largest absolute Gasteiger partial charge is 0.493 e. The van der Waals surface area contributed by atoms with Crippen LogP contribution in [0.15, 0.2) is 18.2 Å². The van der Waals surface area contributed by atoms with Gasteiger partial charge in [-0.3, -0.25) is 0 Å². The molecule has 1 aromatic rings. The molecule has 1 heterocycles. The van der Waals surface area contributed by atoms with E-state index in [1.807, 2.05) is 0 Å². The summed E-state index contributed by atoms with van der Waals surface area (Å²) in [5.74, 6) is 1.06. The van der Waals surface area contributed by atoms with E-state index >= 15 is 0 Å². The molecule has 0 spiro atoms. The zero-order valence-electron chi connectivity index (χ0n) is 12.6. The van der Waals surface area contributed by atoms with Crippen LogP contribution in [0.3, 0.4) is 0 Å². The fourth-order valence-electron chi connectivity index (χ4n) is 2.65. The standard InChI is InChI=1S/C16H26N2O/c1-16(2,17)9-7-14(18(3)4)12-5-6-15-13(11-12)8-10-19-15/h5-6,11,14H,7-10,17H2,1-4H3. The summed E-state index contributed by atoms with van der Waals surface area (Å²) in [6.45, 7) is 5.01. The summed E-state index contributed by atoms with van der Waals surface area (Å²) >= 11 is 0. The Hall–Kier alpha value is -1.06. The number of benzene rings is 1. The lowest BCUT2D eigenvalue weighted by atomic mass is 9.92. The average Bonchev–Trinajstić information content (AvgIpc) is 2.74. The minimum absolute atomic E-state index is 0.103. The Bertz CT molecular complexity index is 435. The molecule has 3 heteroatoms. The Labute approximate surface area is 116 Å². The van der Waals surface area contributed by atoms with Crippen molar-refractivity contribution in [1.29, 1.82) is 0 Å². The van der Waals surface area contributed by atoms with Crippen molar-refractivity contribution in [2.75, 3.05) is 20.7 Å². The highest BCUT2D eigenvalue weighted by Crippen LogP contribution is 2.32. The van der Waals surface area contributed by atoms with Crippen LogP contribution in [-0.2, 0) is 6.42 Å². The Morgan fingerprint density at radius 3 is 2.74 bits per heavy atom. The Kier molecular flexibility index (Phi) is 4.16. The molecular formula is C16H26N2O. The summed E-state index contributed by atoms with van der Waals surface area (Å²) in [6, 6.07) is 7.03. The highest BCUT2D eigenvalue weighted by Gasteiger charge is 2.21. The molecule has 1 aliphatic rings. The van der Waals surface area contributed by atoms with E-state index in [-0.39, 0.29) is 5.54 Å². The SMILES string of the molecule is CN(C)C(CCC(C)(C)N)c1ccc2c(c1)CCO2. The molecule has 19 heavy (non-hydrogen) atoms.